The molecule has 0 aliphatic heterocycles. The molecule has 1 aromatic carbocycles. The van der Waals surface area contributed by atoms with Crippen molar-refractivity contribution in [2.24, 2.45) is 0 Å². The first-order valence-electron chi connectivity index (χ1n) is 6.75. The highest BCUT2D eigenvalue weighted by molar-refractivity contribution is 6.30. The number of rotatable bonds is 5. The van der Waals surface area contributed by atoms with Gasteiger partial charge in [-0.1, -0.05) is 23.7 Å². The molecule has 114 valence electrons. The van der Waals surface area contributed by atoms with E-state index in [-0.39, 0.29) is 18.4 Å². The molecule has 0 unspecified atom stereocenters. The number of aromatic nitrogens is 1. The summed E-state index contributed by atoms with van der Waals surface area (Å²) in [6, 6.07) is 10.5. The predicted molar refractivity (Wildman–Crippen MR) is 85.6 cm³/mol. The predicted octanol–water partition coefficient (Wildman–Crippen LogP) is 2.40. The van der Waals surface area contributed by atoms with Gasteiger partial charge >= 0.3 is 0 Å². The van der Waals surface area contributed by atoms with Crippen molar-refractivity contribution in [1.29, 1.82) is 0 Å². The van der Waals surface area contributed by atoms with Crippen LogP contribution in [0.5, 0.6) is 0 Å². The molecule has 0 bridgehead atoms. The fraction of sp³-hybridized carbons (Fsp3) is 0.188. The number of nitrogens with one attached hydrogen (secondary N) is 1. The summed E-state index contributed by atoms with van der Waals surface area (Å²) in [7, 11) is 0. The second-order valence-corrected chi connectivity index (χ2v) is 5.16. The maximum atomic E-state index is 12.0. The molecular formula is C16H16ClN3O2. The molecule has 2 rings (SSSR count). The van der Waals surface area contributed by atoms with Gasteiger partial charge in [0.1, 0.15) is 6.54 Å². The molecule has 0 saturated carbocycles. The second kappa shape index (κ2) is 7.56. The number of pyridine rings is 1. The van der Waals surface area contributed by atoms with Crippen LogP contribution in [0.25, 0.3) is 0 Å². The van der Waals surface area contributed by atoms with E-state index >= 15 is 0 Å². The van der Waals surface area contributed by atoms with Gasteiger partial charge in [-0.3, -0.25) is 14.6 Å². The van der Waals surface area contributed by atoms with Gasteiger partial charge in [-0.05, 0) is 29.8 Å². The molecule has 0 spiro atoms. The summed E-state index contributed by atoms with van der Waals surface area (Å²) in [4.78, 5) is 29.1. The Morgan fingerprint density at radius 2 is 2.09 bits per heavy atom. The summed E-state index contributed by atoms with van der Waals surface area (Å²) >= 11 is 5.93. The molecule has 0 aliphatic rings. The quantitative estimate of drug-likeness (QED) is 0.921. The Morgan fingerprint density at radius 3 is 2.73 bits per heavy atom. The fourth-order valence-electron chi connectivity index (χ4n) is 1.93. The van der Waals surface area contributed by atoms with Gasteiger partial charge in [-0.25, -0.2) is 0 Å². The van der Waals surface area contributed by atoms with Crippen LogP contribution < -0.4 is 10.2 Å². The van der Waals surface area contributed by atoms with Gasteiger partial charge in [-0.15, -0.1) is 0 Å². The van der Waals surface area contributed by atoms with Crippen molar-refractivity contribution in [2.75, 3.05) is 11.4 Å². The van der Waals surface area contributed by atoms with E-state index < -0.39 is 0 Å². The van der Waals surface area contributed by atoms with Gasteiger partial charge in [0, 0.05) is 36.6 Å². The van der Waals surface area contributed by atoms with Crippen LogP contribution in [0.1, 0.15) is 12.5 Å². The molecule has 2 aromatic rings. The summed E-state index contributed by atoms with van der Waals surface area (Å²) in [5, 5.41) is 3.28. The summed E-state index contributed by atoms with van der Waals surface area (Å²) in [6.45, 7) is 1.72. The Labute approximate surface area is 133 Å². The lowest BCUT2D eigenvalue weighted by Crippen LogP contribution is -2.39. The minimum absolute atomic E-state index is 0.0596. The SMILES string of the molecule is CC(=O)N(CC(=O)NCc1cccnc1)c1cccc(Cl)c1. The van der Waals surface area contributed by atoms with Crippen LogP contribution in [0.2, 0.25) is 5.02 Å². The number of hydrogen-bond donors (Lipinski definition) is 1. The summed E-state index contributed by atoms with van der Waals surface area (Å²) in [5.41, 5.74) is 1.49. The van der Waals surface area contributed by atoms with E-state index in [0.717, 1.165) is 5.56 Å². The molecule has 22 heavy (non-hydrogen) atoms. The third-order valence-corrected chi connectivity index (χ3v) is 3.25. The standard InChI is InChI=1S/C16H16ClN3O2/c1-12(21)20(15-6-2-5-14(17)8-15)11-16(22)19-10-13-4-3-7-18-9-13/h2-9H,10-11H2,1H3,(H,19,22). The Morgan fingerprint density at radius 1 is 1.27 bits per heavy atom. The molecule has 2 amide bonds. The van der Waals surface area contributed by atoms with Crippen molar-refractivity contribution in [3.8, 4) is 0 Å². The number of amides is 2. The normalized spacial score (nSPS) is 10.1. The van der Waals surface area contributed by atoms with Crippen LogP contribution in [0.3, 0.4) is 0 Å². The highest BCUT2D eigenvalue weighted by Gasteiger charge is 2.15. The zero-order chi connectivity index (χ0) is 15.9. The molecule has 1 aromatic heterocycles. The van der Waals surface area contributed by atoms with Gasteiger partial charge in [0.2, 0.25) is 11.8 Å². The van der Waals surface area contributed by atoms with Crippen LogP contribution in [-0.4, -0.2) is 23.3 Å². The van der Waals surface area contributed by atoms with Crippen molar-refractivity contribution in [3.63, 3.8) is 0 Å². The summed E-state index contributed by atoms with van der Waals surface area (Å²) in [5.74, 6) is -0.474. The minimum atomic E-state index is -0.251. The average molecular weight is 318 g/mol. The first-order chi connectivity index (χ1) is 10.6. The molecule has 0 fully saturated rings. The maximum absolute atomic E-state index is 12.0. The molecule has 0 saturated heterocycles. The maximum Gasteiger partial charge on any atom is 0.240 e. The number of benzene rings is 1. The van der Waals surface area contributed by atoms with Crippen molar-refractivity contribution >= 4 is 29.1 Å². The number of carbonyl (C=O) groups is 2. The van der Waals surface area contributed by atoms with E-state index in [1.54, 1.807) is 42.7 Å². The van der Waals surface area contributed by atoms with Crippen LogP contribution in [0.15, 0.2) is 48.8 Å². The van der Waals surface area contributed by atoms with Crippen molar-refractivity contribution in [1.82, 2.24) is 10.3 Å². The lowest BCUT2D eigenvalue weighted by molar-refractivity contribution is -0.123. The Hall–Kier alpha value is -2.40. The minimum Gasteiger partial charge on any atom is -0.350 e. The number of nitrogens with zero attached hydrogens (tertiary/aromatic N) is 2. The van der Waals surface area contributed by atoms with Crippen molar-refractivity contribution < 1.29 is 9.59 Å². The largest absolute Gasteiger partial charge is 0.350 e. The van der Waals surface area contributed by atoms with Crippen LogP contribution >= 0.6 is 11.6 Å². The smallest absolute Gasteiger partial charge is 0.240 e. The number of anilines is 1. The Kier molecular flexibility index (Phi) is 5.49. The zero-order valence-corrected chi connectivity index (χ0v) is 12.9. The lowest BCUT2D eigenvalue weighted by atomic mass is 10.2. The summed E-state index contributed by atoms with van der Waals surface area (Å²) < 4.78 is 0. The van der Waals surface area contributed by atoms with E-state index in [4.69, 9.17) is 11.6 Å². The summed E-state index contributed by atoms with van der Waals surface area (Å²) in [6.07, 6.45) is 3.35. The highest BCUT2D eigenvalue weighted by Crippen LogP contribution is 2.19. The number of hydrogen-bond acceptors (Lipinski definition) is 3. The van der Waals surface area contributed by atoms with Crippen molar-refractivity contribution in [3.05, 3.63) is 59.4 Å². The van der Waals surface area contributed by atoms with Gasteiger partial charge in [0.15, 0.2) is 0 Å². The molecular weight excluding hydrogens is 302 g/mol. The zero-order valence-electron chi connectivity index (χ0n) is 12.1. The monoisotopic (exact) mass is 317 g/mol. The van der Waals surface area contributed by atoms with Gasteiger partial charge in [0.05, 0.1) is 0 Å². The Bertz CT molecular complexity index is 661. The lowest BCUT2D eigenvalue weighted by Gasteiger charge is -2.20. The third kappa shape index (κ3) is 4.56. The van der Waals surface area contributed by atoms with E-state index in [1.807, 2.05) is 6.07 Å². The van der Waals surface area contributed by atoms with E-state index in [1.165, 1.54) is 11.8 Å². The van der Waals surface area contributed by atoms with Crippen molar-refractivity contribution in [2.45, 2.75) is 13.5 Å². The molecule has 0 radical (unpaired) electrons. The molecule has 1 heterocycles. The number of halogens is 1. The first kappa shape index (κ1) is 16.0. The van der Waals surface area contributed by atoms with Gasteiger partial charge < -0.3 is 10.2 Å². The third-order valence-electron chi connectivity index (χ3n) is 3.01. The van der Waals surface area contributed by atoms with E-state index in [2.05, 4.69) is 10.3 Å². The topological polar surface area (TPSA) is 62.3 Å². The Balaban J connectivity index is 1.99. The van der Waals surface area contributed by atoms with Crippen LogP contribution in [0.4, 0.5) is 5.69 Å². The van der Waals surface area contributed by atoms with Crippen LogP contribution in [0, 0.1) is 0 Å². The van der Waals surface area contributed by atoms with Crippen LogP contribution in [-0.2, 0) is 16.1 Å². The van der Waals surface area contributed by atoms with Gasteiger partial charge in [-0.2, -0.15) is 0 Å². The van der Waals surface area contributed by atoms with E-state index in [9.17, 15) is 9.59 Å². The molecule has 6 heteroatoms. The molecule has 0 aliphatic carbocycles. The van der Waals surface area contributed by atoms with Gasteiger partial charge in [0.25, 0.3) is 0 Å². The first-order valence-corrected chi connectivity index (χ1v) is 7.13. The average Bonchev–Trinajstić information content (AvgIpc) is 2.51. The fourth-order valence-corrected chi connectivity index (χ4v) is 2.12. The second-order valence-electron chi connectivity index (χ2n) is 4.72. The molecule has 1 N–H and O–H groups in total. The van der Waals surface area contributed by atoms with E-state index in [0.29, 0.717) is 17.3 Å². The highest BCUT2D eigenvalue weighted by atomic mass is 35.5. The number of carbonyl (C=O) groups excluding carboxylic acids is 2. The molecule has 0 atom stereocenters. The molecule has 5 nitrogen and oxygen atoms in total.